The van der Waals surface area contributed by atoms with Crippen LogP contribution < -0.4 is 5.32 Å². The molecule has 2 rings (SSSR count). The largest absolute Gasteiger partial charge is 0.353 e. The fourth-order valence-corrected chi connectivity index (χ4v) is 1.86. The normalized spacial score (nSPS) is 9.89. The molecule has 0 spiro atoms. The maximum Gasteiger partial charge on any atom is 0.162 e. The van der Waals surface area contributed by atoms with Crippen molar-refractivity contribution in [3.63, 3.8) is 0 Å². The highest BCUT2D eigenvalue weighted by molar-refractivity contribution is 9.10. The second kappa shape index (κ2) is 5.15. The van der Waals surface area contributed by atoms with Gasteiger partial charge in [0, 0.05) is 5.69 Å². The Morgan fingerprint density at radius 1 is 1.06 bits per heavy atom. The van der Waals surface area contributed by atoms with Gasteiger partial charge in [0.2, 0.25) is 0 Å². The molecule has 0 aliphatic rings. The van der Waals surface area contributed by atoms with Crippen molar-refractivity contribution in [1.29, 1.82) is 5.26 Å². The van der Waals surface area contributed by atoms with Crippen LogP contribution in [0.1, 0.15) is 5.56 Å². The van der Waals surface area contributed by atoms with Crippen LogP contribution in [0.5, 0.6) is 0 Å². The van der Waals surface area contributed by atoms with Crippen LogP contribution in [0.2, 0.25) is 0 Å². The molecule has 2 aromatic carbocycles. The van der Waals surface area contributed by atoms with E-state index in [0.717, 1.165) is 0 Å². The number of halogens is 3. The zero-order valence-corrected chi connectivity index (χ0v) is 10.6. The van der Waals surface area contributed by atoms with Gasteiger partial charge < -0.3 is 5.32 Å². The molecule has 5 heteroatoms. The summed E-state index contributed by atoms with van der Waals surface area (Å²) in [5.41, 5.74) is 0.997. The fraction of sp³-hybridized carbons (Fsp3) is 0. The van der Waals surface area contributed by atoms with Gasteiger partial charge in [-0.1, -0.05) is 0 Å². The molecule has 0 fully saturated rings. The molecular weight excluding hydrogens is 302 g/mol. The number of benzene rings is 2. The minimum atomic E-state index is -0.557. The Labute approximate surface area is 111 Å². The van der Waals surface area contributed by atoms with Gasteiger partial charge in [-0.25, -0.2) is 8.78 Å². The first-order valence-electron chi connectivity index (χ1n) is 5.02. The molecule has 0 amide bonds. The number of nitriles is 1. The Bertz CT molecular complexity index is 618. The molecular formula is C13H7BrF2N2. The van der Waals surface area contributed by atoms with Crippen molar-refractivity contribution >= 4 is 27.3 Å². The molecule has 2 aromatic rings. The lowest BCUT2D eigenvalue weighted by Gasteiger charge is -2.09. The van der Waals surface area contributed by atoms with Crippen molar-refractivity contribution in [2.75, 3.05) is 5.32 Å². The predicted molar refractivity (Wildman–Crippen MR) is 68.5 cm³/mol. The third kappa shape index (κ3) is 2.49. The Hall–Kier alpha value is -1.93. The van der Waals surface area contributed by atoms with Crippen LogP contribution >= 0.6 is 15.9 Å². The zero-order chi connectivity index (χ0) is 13.1. The van der Waals surface area contributed by atoms with E-state index >= 15 is 0 Å². The van der Waals surface area contributed by atoms with Gasteiger partial charge in [-0.15, -0.1) is 0 Å². The number of rotatable bonds is 2. The number of nitrogens with one attached hydrogen (secondary N) is 1. The van der Waals surface area contributed by atoms with Crippen molar-refractivity contribution in [2.45, 2.75) is 0 Å². The maximum atomic E-state index is 13.9. The summed E-state index contributed by atoms with van der Waals surface area (Å²) in [6, 6.07) is 10.4. The third-order valence-corrected chi connectivity index (χ3v) is 3.10. The molecule has 0 atom stereocenters. The highest BCUT2D eigenvalue weighted by Gasteiger charge is 2.11. The van der Waals surface area contributed by atoms with Crippen molar-refractivity contribution < 1.29 is 8.78 Å². The lowest BCUT2D eigenvalue weighted by atomic mass is 10.2. The van der Waals surface area contributed by atoms with E-state index in [1.165, 1.54) is 36.4 Å². The van der Waals surface area contributed by atoms with Gasteiger partial charge in [0.1, 0.15) is 11.9 Å². The van der Waals surface area contributed by atoms with Crippen molar-refractivity contribution in [2.24, 2.45) is 0 Å². The van der Waals surface area contributed by atoms with Gasteiger partial charge >= 0.3 is 0 Å². The zero-order valence-electron chi connectivity index (χ0n) is 9.05. The van der Waals surface area contributed by atoms with E-state index in [-0.39, 0.29) is 21.5 Å². The van der Waals surface area contributed by atoms with E-state index in [9.17, 15) is 8.78 Å². The van der Waals surface area contributed by atoms with E-state index in [0.29, 0.717) is 5.69 Å². The first-order chi connectivity index (χ1) is 8.61. The van der Waals surface area contributed by atoms with Gasteiger partial charge in [0.15, 0.2) is 5.82 Å². The first-order valence-corrected chi connectivity index (χ1v) is 5.82. The van der Waals surface area contributed by atoms with Gasteiger partial charge in [0.25, 0.3) is 0 Å². The summed E-state index contributed by atoms with van der Waals surface area (Å²) in [6.45, 7) is 0. The van der Waals surface area contributed by atoms with Crippen LogP contribution in [0.3, 0.4) is 0 Å². The number of hydrogen-bond donors (Lipinski definition) is 1. The van der Waals surface area contributed by atoms with Crippen molar-refractivity contribution in [1.82, 2.24) is 0 Å². The molecule has 0 saturated heterocycles. The summed E-state index contributed by atoms with van der Waals surface area (Å²) in [6.07, 6.45) is 0. The predicted octanol–water partition coefficient (Wildman–Crippen LogP) is 4.34. The highest BCUT2D eigenvalue weighted by Crippen LogP contribution is 2.28. The van der Waals surface area contributed by atoms with E-state index in [1.54, 1.807) is 0 Å². The quantitative estimate of drug-likeness (QED) is 0.895. The molecule has 2 nitrogen and oxygen atoms in total. The SMILES string of the molecule is N#Cc1ccc(Nc2ccc(F)cc2)c(F)c1Br. The number of anilines is 2. The summed E-state index contributed by atoms with van der Waals surface area (Å²) in [7, 11) is 0. The molecule has 1 N–H and O–H groups in total. The average molecular weight is 309 g/mol. The Balaban J connectivity index is 2.33. The molecule has 90 valence electrons. The molecule has 0 aromatic heterocycles. The second-order valence-corrected chi connectivity index (χ2v) is 4.33. The van der Waals surface area contributed by atoms with Crippen molar-refractivity contribution in [3.05, 3.63) is 58.1 Å². The molecule has 0 aliphatic carbocycles. The van der Waals surface area contributed by atoms with Crippen LogP contribution in [0.15, 0.2) is 40.9 Å². The standard InChI is InChI=1S/C13H7BrF2N2/c14-12-8(7-17)1-6-11(13(12)16)18-10-4-2-9(15)3-5-10/h1-6,18H. The topological polar surface area (TPSA) is 35.8 Å². The summed E-state index contributed by atoms with van der Waals surface area (Å²) in [4.78, 5) is 0. The van der Waals surface area contributed by atoms with Gasteiger partial charge in [-0.05, 0) is 52.3 Å². The number of hydrogen-bond acceptors (Lipinski definition) is 2. The highest BCUT2D eigenvalue weighted by atomic mass is 79.9. The first kappa shape index (κ1) is 12.5. The fourth-order valence-electron chi connectivity index (χ4n) is 1.42. The molecule has 0 unspecified atom stereocenters. The van der Waals surface area contributed by atoms with E-state index in [1.807, 2.05) is 6.07 Å². The van der Waals surface area contributed by atoms with Crippen LogP contribution in [0, 0.1) is 23.0 Å². The lowest BCUT2D eigenvalue weighted by Crippen LogP contribution is -1.96. The van der Waals surface area contributed by atoms with Crippen LogP contribution in [0.4, 0.5) is 20.2 Å². The molecule has 0 saturated carbocycles. The van der Waals surface area contributed by atoms with Crippen molar-refractivity contribution in [3.8, 4) is 6.07 Å². The lowest BCUT2D eigenvalue weighted by molar-refractivity contribution is 0.624. The minimum Gasteiger partial charge on any atom is -0.353 e. The average Bonchev–Trinajstić information content (AvgIpc) is 2.38. The summed E-state index contributed by atoms with van der Waals surface area (Å²) in [5.74, 6) is -0.916. The Kier molecular flexibility index (Phi) is 3.58. The van der Waals surface area contributed by atoms with Crippen LogP contribution in [-0.4, -0.2) is 0 Å². The van der Waals surface area contributed by atoms with Gasteiger partial charge in [-0.2, -0.15) is 5.26 Å². The maximum absolute atomic E-state index is 13.9. The number of nitrogens with zero attached hydrogens (tertiary/aromatic N) is 1. The molecule has 0 heterocycles. The van der Waals surface area contributed by atoms with Gasteiger partial charge in [-0.3, -0.25) is 0 Å². The van der Waals surface area contributed by atoms with E-state index < -0.39 is 5.82 Å². The Morgan fingerprint density at radius 3 is 2.33 bits per heavy atom. The molecule has 0 aliphatic heterocycles. The summed E-state index contributed by atoms with van der Waals surface area (Å²) < 4.78 is 26.7. The monoisotopic (exact) mass is 308 g/mol. The second-order valence-electron chi connectivity index (χ2n) is 3.53. The summed E-state index contributed by atoms with van der Waals surface area (Å²) in [5, 5.41) is 11.6. The Morgan fingerprint density at radius 2 is 1.72 bits per heavy atom. The summed E-state index contributed by atoms with van der Waals surface area (Å²) >= 11 is 3.02. The van der Waals surface area contributed by atoms with E-state index in [4.69, 9.17) is 5.26 Å². The molecule has 0 bridgehead atoms. The third-order valence-electron chi connectivity index (χ3n) is 2.33. The van der Waals surface area contributed by atoms with E-state index in [2.05, 4.69) is 21.2 Å². The molecule has 0 radical (unpaired) electrons. The smallest absolute Gasteiger partial charge is 0.162 e. The van der Waals surface area contributed by atoms with Crippen LogP contribution in [-0.2, 0) is 0 Å². The van der Waals surface area contributed by atoms with Gasteiger partial charge in [0.05, 0.1) is 15.7 Å². The van der Waals surface area contributed by atoms with Crippen LogP contribution in [0.25, 0.3) is 0 Å². The molecule has 18 heavy (non-hydrogen) atoms. The minimum absolute atomic E-state index is 0.108.